The van der Waals surface area contributed by atoms with Crippen molar-refractivity contribution in [2.75, 3.05) is 4.90 Å². The fourth-order valence-corrected chi connectivity index (χ4v) is 7.69. The van der Waals surface area contributed by atoms with Crippen molar-refractivity contribution < 1.29 is 4.42 Å². The zero-order chi connectivity index (χ0) is 37.3. The Balaban J connectivity index is 0.981. The predicted molar refractivity (Wildman–Crippen MR) is 236 cm³/mol. The molecule has 0 N–H and O–H groups in total. The van der Waals surface area contributed by atoms with Crippen LogP contribution in [0.2, 0.25) is 0 Å². The lowest BCUT2D eigenvalue weighted by Crippen LogP contribution is -2.09. The predicted octanol–water partition coefficient (Wildman–Crippen LogP) is 15.4. The molecule has 0 aliphatic rings. The van der Waals surface area contributed by atoms with Crippen molar-refractivity contribution in [3.63, 3.8) is 0 Å². The molecule has 0 saturated carbocycles. The second kappa shape index (κ2) is 14.4. The average molecular weight is 716 g/mol. The van der Waals surface area contributed by atoms with Crippen molar-refractivity contribution in [3.8, 4) is 55.8 Å². The van der Waals surface area contributed by atoms with Crippen LogP contribution in [0.4, 0.5) is 17.1 Å². The highest BCUT2D eigenvalue weighted by molar-refractivity contribution is 5.88. The topological polar surface area (TPSA) is 16.4 Å². The van der Waals surface area contributed by atoms with E-state index < -0.39 is 0 Å². The number of furan rings is 1. The van der Waals surface area contributed by atoms with Crippen LogP contribution in [0.5, 0.6) is 0 Å². The van der Waals surface area contributed by atoms with Gasteiger partial charge in [-0.1, -0.05) is 164 Å². The third-order valence-corrected chi connectivity index (χ3v) is 10.7. The SMILES string of the molecule is c1ccc(-c2ccc(-c3ccc(N(c4ccc(-c5cccc(-c6cc7ccccc7o6)c5)cc4)c4ccc(-c5ccc6ccccc6c5)cc4)cc3)cc2)cc1. The van der Waals surface area contributed by atoms with Crippen LogP contribution in [0.25, 0.3) is 77.6 Å². The maximum Gasteiger partial charge on any atom is 0.135 e. The Kier molecular flexibility index (Phi) is 8.55. The quantitative estimate of drug-likeness (QED) is 0.156. The molecule has 0 aliphatic carbocycles. The second-order valence-electron chi connectivity index (χ2n) is 14.2. The summed E-state index contributed by atoms with van der Waals surface area (Å²) in [5.41, 5.74) is 14.7. The van der Waals surface area contributed by atoms with Gasteiger partial charge in [0, 0.05) is 28.0 Å². The van der Waals surface area contributed by atoms with Gasteiger partial charge in [0.05, 0.1) is 0 Å². The molecule has 0 bridgehead atoms. The highest BCUT2D eigenvalue weighted by Gasteiger charge is 2.15. The van der Waals surface area contributed by atoms with E-state index in [4.69, 9.17) is 4.42 Å². The van der Waals surface area contributed by atoms with Gasteiger partial charge in [0.1, 0.15) is 11.3 Å². The third kappa shape index (κ3) is 6.55. The molecule has 0 amide bonds. The third-order valence-electron chi connectivity index (χ3n) is 10.7. The molecule has 56 heavy (non-hydrogen) atoms. The lowest BCUT2D eigenvalue weighted by atomic mass is 9.99. The van der Waals surface area contributed by atoms with E-state index in [2.05, 4.69) is 211 Å². The number of rotatable bonds is 8. The molecule has 1 aromatic heterocycles. The largest absolute Gasteiger partial charge is 0.456 e. The number of hydrogen-bond donors (Lipinski definition) is 0. The Morgan fingerprint density at radius 1 is 0.250 bits per heavy atom. The number of hydrogen-bond acceptors (Lipinski definition) is 2. The summed E-state index contributed by atoms with van der Waals surface area (Å²) in [5.74, 6) is 0.874. The van der Waals surface area contributed by atoms with Crippen molar-refractivity contribution in [1.82, 2.24) is 0 Å². The molecule has 9 aromatic carbocycles. The maximum atomic E-state index is 6.20. The summed E-state index contributed by atoms with van der Waals surface area (Å²) in [7, 11) is 0. The summed E-state index contributed by atoms with van der Waals surface area (Å²) >= 11 is 0. The van der Waals surface area contributed by atoms with Gasteiger partial charge in [0.15, 0.2) is 0 Å². The van der Waals surface area contributed by atoms with Crippen LogP contribution in [0.15, 0.2) is 229 Å². The summed E-state index contributed by atoms with van der Waals surface area (Å²) in [6.45, 7) is 0. The van der Waals surface area contributed by atoms with Gasteiger partial charge >= 0.3 is 0 Å². The van der Waals surface area contributed by atoms with Crippen molar-refractivity contribution in [2.45, 2.75) is 0 Å². The second-order valence-corrected chi connectivity index (χ2v) is 14.2. The molecule has 0 spiro atoms. The molecule has 10 rings (SSSR count). The van der Waals surface area contributed by atoms with Crippen molar-refractivity contribution >= 4 is 38.8 Å². The Hall–Kier alpha value is -7.42. The van der Waals surface area contributed by atoms with Crippen LogP contribution in [0.1, 0.15) is 0 Å². The first kappa shape index (κ1) is 33.2. The molecular formula is C54H37NO. The smallest absolute Gasteiger partial charge is 0.135 e. The maximum absolute atomic E-state index is 6.20. The van der Waals surface area contributed by atoms with Gasteiger partial charge < -0.3 is 9.32 Å². The lowest BCUT2D eigenvalue weighted by molar-refractivity contribution is 0.631. The van der Waals surface area contributed by atoms with E-state index in [-0.39, 0.29) is 0 Å². The van der Waals surface area contributed by atoms with Gasteiger partial charge in [-0.2, -0.15) is 0 Å². The molecule has 264 valence electrons. The van der Waals surface area contributed by atoms with Crippen molar-refractivity contribution in [3.05, 3.63) is 224 Å². The van der Waals surface area contributed by atoms with Gasteiger partial charge in [-0.15, -0.1) is 0 Å². The first-order valence-electron chi connectivity index (χ1n) is 19.1. The lowest BCUT2D eigenvalue weighted by Gasteiger charge is -2.26. The number of anilines is 3. The van der Waals surface area contributed by atoms with Crippen LogP contribution in [0.3, 0.4) is 0 Å². The zero-order valence-corrected chi connectivity index (χ0v) is 30.7. The average Bonchev–Trinajstić information content (AvgIpc) is 3.72. The highest BCUT2D eigenvalue weighted by Crippen LogP contribution is 2.39. The molecule has 0 atom stereocenters. The van der Waals surface area contributed by atoms with Crippen LogP contribution in [-0.2, 0) is 0 Å². The van der Waals surface area contributed by atoms with E-state index in [1.54, 1.807) is 0 Å². The molecule has 2 heteroatoms. The molecule has 0 saturated heterocycles. The van der Waals surface area contributed by atoms with E-state index in [1.807, 2.05) is 18.2 Å². The number of para-hydroxylation sites is 1. The molecule has 1 heterocycles. The zero-order valence-electron chi connectivity index (χ0n) is 30.7. The van der Waals surface area contributed by atoms with Crippen molar-refractivity contribution in [1.29, 1.82) is 0 Å². The summed E-state index contributed by atoms with van der Waals surface area (Å²) < 4.78 is 6.20. The first-order chi connectivity index (χ1) is 27.7. The van der Waals surface area contributed by atoms with E-state index >= 15 is 0 Å². The minimum Gasteiger partial charge on any atom is -0.456 e. The van der Waals surface area contributed by atoms with E-state index in [0.717, 1.165) is 50.5 Å². The number of benzene rings is 9. The van der Waals surface area contributed by atoms with Crippen LogP contribution in [-0.4, -0.2) is 0 Å². The molecule has 0 radical (unpaired) electrons. The van der Waals surface area contributed by atoms with Gasteiger partial charge in [0.25, 0.3) is 0 Å². The fourth-order valence-electron chi connectivity index (χ4n) is 7.69. The van der Waals surface area contributed by atoms with Gasteiger partial charge in [-0.3, -0.25) is 0 Å². The first-order valence-corrected chi connectivity index (χ1v) is 19.1. The Bertz CT molecular complexity index is 2890. The van der Waals surface area contributed by atoms with Gasteiger partial charge in [-0.05, 0) is 116 Å². The standard InChI is InChI=1S/C54H37NO/c1-2-9-38(10-3-1)40-17-19-41(20-18-40)42-23-29-50(30-24-42)55(52-33-27-44(28-34-52)47-22-21-39-11-4-5-12-45(39)35-47)51-31-25-43(26-32-51)46-14-8-15-48(36-46)54-37-49-13-6-7-16-53(49)56-54/h1-37H. The van der Waals surface area contributed by atoms with E-state index in [9.17, 15) is 0 Å². The van der Waals surface area contributed by atoms with Crippen LogP contribution < -0.4 is 4.90 Å². The summed E-state index contributed by atoms with van der Waals surface area (Å²) in [6, 6.07) is 80.1. The normalized spacial score (nSPS) is 11.2. The summed E-state index contributed by atoms with van der Waals surface area (Å²) in [6.07, 6.45) is 0. The minimum absolute atomic E-state index is 0.874. The Morgan fingerprint density at radius 3 is 1.25 bits per heavy atom. The van der Waals surface area contributed by atoms with Crippen LogP contribution >= 0.6 is 0 Å². The van der Waals surface area contributed by atoms with Gasteiger partial charge in [0.2, 0.25) is 0 Å². The highest BCUT2D eigenvalue weighted by atomic mass is 16.3. The van der Waals surface area contributed by atoms with Gasteiger partial charge in [-0.25, -0.2) is 0 Å². The molecular weight excluding hydrogens is 679 g/mol. The molecule has 0 aliphatic heterocycles. The fraction of sp³-hybridized carbons (Fsp3) is 0. The number of nitrogens with zero attached hydrogens (tertiary/aromatic N) is 1. The Labute approximate surface area is 327 Å². The van der Waals surface area contributed by atoms with E-state index in [1.165, 1.54) is 44.2 Å². The monoisotopic (exact) mass is 715 g/mol. The molecule has 2 nitrogen and oxygen atoms in total. The summed E-state index contributed by atoms with van der Waals surface area (Å²) in [4.78, 5) is 2.33. The van der Waals surface area contributed by atoms with Crippen molar-refractivity contribution in [2.24, 2.45) is 0 Å². The number of fused-ring (bicyclic) bond motifs is 2. The molecule has 0 fully saturated rings. The van der Waals surface area contributed by atoms with E-state index in [0.29, 0.717) is 0 Å². The minimum atomic E-state index is 0.874. The van der Waals surface area contributed by atoms with Crippen LogP contribution in [0, 0.1) is 0 Å². The Morgan fingerprint density at radius 2 is 0.661 bits per heavy atom. The molecule has 10 aromatic rings. The molecule has 0 unspecified atom stereocenters. The summed E-state index contributed by atoms with van der Waals surface area (Å²) in [5, 5.41) is 3.60.